The maximum Gasteiger partial charge on any atom is 0.253 e. The van der Waals surface area contributed by atoms with E-state index < -0.39 is 0 Å². The highest BCUT2D eigenvalue weighted by Gasteiger charge is 2.34. The van der Waals surface area contributed by atoms with E-state index in [2.05, 4.69) is 15.5 Å². The number of hydrogen-bond acceptors (Lipinski definition) is 5. The van der Waals surface area contributed by atoms with E-state index in [9.17, 15) is 4.79 Å². The van der Waals surface area contributed by atoms with Crippen molar-refractivity contribution in [2.45, 2.75) is 31.9 Å². The Hall–Kier alpha value is -2.34. The van der Waals surface area contributed by atoms with Gasteiger partial charge in [0.15, 0.2) is 0 Å². The van der Waals surface area contributed by atoms with Crippen LogP contribution in [0.1, 0.15) is 42.2 Å². The molecule has 6 nitrogen and oxygen atoms in total. The van der Waals surface area contributed by atoms with E-state index in [0.717, 1.165) is 11.3 Å². The van der Waals surface area contributed by atoms with Crippen LogP contribution in [-0.2, 0) is 0 Å². The molecule has 3 N–H and O–H groups in total. The normalized spacial score (nSPS) is 18.1. The molecule has 2 aromatic rings. The summed E-state index contributed by atoms with van der Waals surface area (Å²) >= 11 is 0. The van der Waals surface area contributed by atoms with Gasteiger partial charge in [-0.3, -0.25) is 4.79 Å². The van der Waals surface area contributed by atoms with Gasteiger partial charge in [0.25, 0.3) is 5.91 Å². The van der Waals surface area contributed by atoms with Crippen molar-refractivity contribution < 1.29 is 9.53 Å². The van der Waals surface area contributed by atoms with Gasteiger partial charge in [0.1, 0.15) is 11.4 Å². The first-order chi connectivity index (χ1) is 10.4. The van der Waals surface area contributed by atoms with E-state index in [4.69, 9.17) is 10.5 Å². The summed E-state index contributed by atoms with van der Waals surface area (Å²) in [6.07, 6.45) is 3.60. The lowest BCUT2D eigenvalue weighted by Crippen LogP contribution is -2.41. The minimum Gasteiger partial charge on any atom is -0.487 e. The van der Waals surface area contributed by atoms with E-state index in [0.29, 0.717) is 17.7 Å². The third kappa shape index (κ3) is 3.71. The number of nitrogen functional groups attached to an aromatic ring is 1. The molecule has 1 unspecified atom stereocenters. The van der Waals surface area contributed by atoms with Crippen molar-refractivity contribution in [2.75, 3.05) is 5.73 Å². The fourth-order valence-electron chi connectivity index (χ4n) is 2.67. The molecule has 0 bridgehead atoms. The Labute approximate surface area is 140 Å². The van der Waals surface area contributed by atoms with Crippen LogP contribution in [0, 0.1) is 0 Å². The Morgan fingerprint density at radius 2 is 2.13 bits per heavy atom. The summed E-state index contributed by atoms with van der Waals surface area (Å²) in [5.74, 6) is 0.564. The molecular weight excluding hydrogens is 316 g/mol. The zero-order valence-corrected chi connectivity index (χ0v) is 13.8. The number of hydrogen-bond donors (Lipinski definition) is 2. The Bertz CT molecular complexity index is 706. The quantitative estimate of drug-likeness (QED) is 0.823. The lowest BCUT2D eigenvalue weighted by molar-refractivity contribution is 0.0620. The van der Waals surface area contributed by atoms with Gasteiger partial charge in [-0.2, -0.15) is 10.2 Å². The van der Waals surface area contributed by atoms with Crippen LogP contribution in [0.2, 0.25) is 0 Å². The molecule has 1 aromatic carbocycles. The molecule has 122 valence electrons. The Morgan fingerprint density at radius 3 is 2.83 bits per heavy atom. The number of nitrogens with zero attached hydrogens (tertiary/aromatic N) is 2. The number of fused-ring (bicyclic) bond motifs is 1. The lowest BCUT2D eigenvalue weighted by Gasteiger charge is -2.38. The summed E-state index contributed by atoms with van der Waals surface area (Å²) in [4.78, 5) is 12.4. The van der Waals surface area contributed by atoms with Gasteiger partial charge in [-0.25, -0.2) is 0 Å². The van der Waals surface area contributed by atoms with E-state index in [-0.39, 0.29) is 30.0 Å². The first-order valence-corrected chi connectivity index (χ1v) is 7.11. The smallest absolute Gasteiger partial charge is 0.253 e. The second-order valence-electron chi connectivity index (χ2n) is 6.02. The zero-order chi connectivity index (χ0) is 15.7. The number of rotatable bonds is 2. The van der Waals surface area contributed by atoms with Gasteiger partial charge in [0, 0.05) is 17.7 Å². The Balaban J connectivity index is 0.00000192. The van der Waals surface area contributed by atoms with Crippen LogP contribution in [0.4, 0.5) is 5.69 Å². The third-order valence-electron chi connectivity index (χ3n) is 3.64. The summed E-state index contributed by atoms with van der Waals surface area (Å²) in [5, 5.41) is 10.4. The van der Waals surface area contributed by atoms with Gasteiger partial charge in [-0.05, 0) is 38.1 Å². The van der Waals surface area contributed by atoms with Gasteiger partial charge >= 0.3 is 0 Å². The molecule has 1 aliphatic rings. The van der Waals surface area contributed by atoms with Crippen LogP contribution < -0.4 is 15.8 Å². The summed E-state index contributed by atoms with van der Waals surface area (Å²) in [7, 11) is 0. The number of ether oxygens (including phenoxy) is 1. The molecule has 0 radical (unpaired) electrons. The molecule has 1 aliphatic heterocycles. The van der Waals surface area contributed by atoms with Crippen molar-refractivity contribution >= 4 is 24.0 Å². The first-order valence-electron chi connectivity index (χ1n) is 7.11. The number of halogens is 1. The predicted molar refractivity (Wildman–Crippen MR) is 89.7 cm³/mol. The number of nitrogens with one attached hydrogen (secondary N) is 1. The number of aromatic nitrogens is 2. The lowest BCUT2D eigenvalue weighted by atomic mass is 9.89. The Kier molecular flexibility index (Phi) is 4.75. The molecular formula is C16H19ClN4O2. The standard InChI is InChI=1S/C16H18N4O2.ClH/c1-16(2)8-13(12-7-11(17)3-4-14(12)22-16)20-15(21)10-5-6-18-19-9-10;/h3-7,9,13H,8,17H2,1-2H3,(H,20,21);1H. The SMILES string of the molecule is CC1(C)CC(NC(=O)c2ccnnc2)c2cc(N)ccc2O1.Cl. The fourth-order valence-corrected chi connectivity index (χ4v) is 2.67. The molecule has 1 amide bonds. The summed E-state index contributed by atoms with van der Waals surface area (Å²) in [6, 6.07) is 6.96. The topological polar surface area (TPSA) is 90.1 Å². The largest absolute Gasteiger partial charge is 0.487 e. The van der Waals surface area contributed by atoms with Crippen LogP contribution in [-0.4, -0.2) is 21.7 Å². The summed E-state index contributed by atoms with van der Waals surface area (Å²) < 4.78 is 5.96. The van der Waals surface area contributed by atoms with Gasteiger partial charge in [-0.1, -0.05) is 0 Å². The highest BCUT2D eigenvalue weighted by atomic mass is 35.5. The average Bonchev–Trinajstić information content (AvgIpc) is 2.48. The minimum atomic E-state index is -0.364. The first kappa shape index (κ1) is 17.0. The summed E-state index contributed by atoms with van der Waals surface area (Å²) in [6.45, 7) is 4.00. The second kappa shape index (κ2) is 6.42. The molecule has 1 atom stereocenters. The number of benzene rings is 1. The highest BCUT2D eigenvalue weighted by Crippen LogP contribution is 2.40. The monoisotopic (exact) mass is 334 g/mol. The number of carbonyl (C=O) groups excluding carboxylic acids is 1. The van der Waals surface area contributed by atoms with Crippen molar-refractivity contribution in [1.82, 2.24) is 15.5 Å². The molecule has 0 aliphatic carbocycles. The molecule has 3 rings (SSSR count). The van der Waals surface area contributed by atoms with Crippen molar-refractivity contribution in [2.24, 2.45) is 0 Å². The predicted octanol–water partition coefficient (Wildman–Crippen LogP) is 2.51. The fraction of sp³-hybridized carbons (Fsp3) is 0.312. The minimum absolute atomic E-state index is 0. The molecule has 1 aromatic heterocycles. The maximum atomic E-state index is 12.4. The third-order valence-corrected chi connectivity index (χ3v) is 3.64. The van der Waals surface area contributed by atoms with Crippen LogP contribution >= 0.6 is 12.4 Å². The van der Waals surface area contributed by atoms with Gasteiger partial charge in [0.2, 0.25) is 0 Å². The molecule has 0 saturated heterocycles. The van der Waals surface area contributed by atoms with Crippen LogP contribution in [0.15, 0.2) is 36.7 Å². The van der Waals surface area contributed by atoms with Gasteiger partial charge in [0.05, 0.1) is 24.0 Å². The Morgan fingerprint density at radius 1 is 1.35 bits per heavy atom. The van der Waals surface area contributed by atoms with Crippen LogP contribution in [0.5, 0.6) is 5.75 Å². The van der Waals surface area contributed by atoms with Crippen LogP contribution in [0.25, 0.3) is 0 Å². The van der Waals surface area contributed by atoms with E-state index in [1.165, 1.54) is 12.4 Å². The van der Waals surface area contributed by atoms with Crippen molar-refractivity contribution in [1.29, 1.82) is 0 Å². The molecule has 0 fully saturated rings. The number of anilines is 1. The van der Waals surface area contributed by atoms with Gasteiger partial charge < -0.3 is 15.8 Å². The van der Waals surface area contributed by atoms with Gasteiger partial charge in [-0.15, -0.1) is 12.4 Å². The number of amides is 1. The van der Waals surface area contributed by atoms with Crippen molar-refractivity contribution in [3.05, 3.63) is 47.8 Å². The molecule has 0 spiro atoms. The molecule has 2 heterocycles. The van der Waals surface area contributed by atoms with E-state index in [1.54, 1.807) is 12.1 Å². The molecule has 7 heteroatoms. The second-order valence-corrected chi connectivity index (χ2v) is 6.02. The highest BCUT2D eigenvalue weighted by molar-refractivity contribution is 5.94. The van der Waals surface area contributed by atoms with E-state index >= 15 is 0 Å². The summed E-state index contributed by atoms with van der Waals surface area (Å²) in [5.41, 5.74) is 7.52. The number of nitrogens with two attached hydrogens (primary N) is 1. The molecule has 23 heavy (non-hydrogen) atoms. The zero-order valence-electron chi connectivity index (χ0n) is 12.9. The van der Waals surface area contributed by atoms with E-state index in [1.807, 2.05) is 26.0 Å². The average molecular weight is 335 g/mol. The number of carbonyl (C=O) groups is 1. The molecule has 0 saturated carbocycles. The van der Waals surface area contributed by atoms with Crippen LogP contribution in [0.3, 0.4) is 0 Å². The van der Waals surface area contributed by atoms with Crippen molar-refractivity contribution in [3.8, 4) is 5.75 Å². The maximum absolute atomic E-state index is 12.4. The van der Waals surface area contributed by atoms with Crippen molar-refractivity contribution in [3.63, 3.8) is 0 Å².